The van der Waals surface area contributed by atoms with Gasteiger partial charge in [0.25, 0.3) is 0 Å². The minimum Gasteiger partial charge on any atom is -0.507 e. The van der Waals surface area contributed by atoms with Gasteiger partial charge in [0.05, 0.1) is 19.3 Å². The van der Waals surface area contributed by atoms with Crippen molar-refractivity contribution < 1.29 is 29.7 Å². The first kappa shape index (κ1) is 34.1. The third-order valence-corrected chi connectivity index (χ3v) is 6.78. The SMILES string of the molecule is CCCCCCNC(=O)Cc1c(O)c(CC(=O)NCCCCCC)c(O)c(CC(=O)NCCCCCC)c1O. The summed E-state index contributed by atoms with van der Waals surface area (Å²) in [6.07, 6.45) is 10.8. The summed E-state index contributed by atoms with van der Waals surface area (Å²) in [7, 11) is 0. The van der Waals surface area contributed by atoms with Gasteiger partial charge in [0.1, 0.15) is 17.2 Å². The van der Waals surface area contributed by atoms with E-state index < -0.39 is 35.0 Å². The van der Waals surface area contributed by atoms with Crippen LogP contribution in [0.2, 0.25) is 0 Å². The van der Waals surface area contributed by atoms with Crippen molar-refractivity contribution in [3.05, 3.63) is 16.7 Å². The molecular weight excluding hydrogens is 498 g/mol. The number of benzene rings is 1. The van der Waals surface area contributed by atoms with Crippen LogP contribution in [-0.4, -0.2) is 52.7 Å². The maximum Gasteiger partial charge on any atom is 0.224 e. The average Bonchev–Trinajstić information content (AvgIpc) is 2.91. The molecule has 0 aliphatic carbocycles. The van der Waals surface area contributed by atoms with Crippen LogP contribution in [0, 0.1) is 0 Å². The standard InChI is InChI=1S/C30H51N3O6/c1-4-7-10-13-16-31-25(34)19-22-28(37)23(20-26(35)32-17-14-11-8-5-2)30(39)24(29(22)38)21-27(36)33-18-15-12-9-6-3/h37-39H,4-21H2,1-3H3,(H,31,34)(H,32,35)(H,33,36). The molecule has 0 fully saturated rings. The second-order valence-electron chi connectivity index (χ2n) is 10.2. The fraction of sp³-hybridized carbons (Fsp3) is 0.700. The van der Waals surface area contributed by atoms with E-state index in [1.165, 1.54) is 0 Å². The van der Waals surface area contributed by atoms with Crippen LogP contribution in [0.1, 0.15) is 115 Å². The van der Waals surface area contributed by atoms with E-state index in [9.17, 15) is 29.7 Å². The van der Waals surface area contributed by atoms with Gasteiger partial charge in [-0.3, -0.25) is 14.4 Å². The lowest BCUT2D eigenvalue weighted by atomic mass is 9.94. The minimum absolute atomic E-state index is 0.102. The molecule has 0 atom stereocenters. The molecule has 222 valence electrons. The zero-order valence-electron chi connectivity index (χ0n) is 24.3. The molecule has 1 rings (SSSR count). The summed E-state index contributed by atoms with van der Waals surface area (Å²) in [5, 5.41) is 41.2. The Balaban J connectivity index is 3.08. The summed E-state index contributed by atoms with van der Waals surface area (Å²) < 4.78 is 0. The van der Waals surface area contributed by atoms with Gasteiger partial charge in [-0.1, -0.05) is 78.6 Å². The highest BCUT2D eigenvalue weighted by atomic mass is 16.3. The number of rotatable bonds is 21. The van der Waals surface area contributed by atoms with Crippen molar-refractivity contribution >= 4 is 17.7 Å². The first-order valence-electron chi connectivity index (χ1n) is 14.8. The third-order valence-electron chi connectivity index (χ3n) is 6.78. The lowest BCUT2D eigenvalue weighted by molar-refractivity contribution is -0.121. The zero-order valence-corrected chi connectivity index (χ0v) is 24.3. The molecule has 0 radical (unpaired) electrons. The van der Waals surface area contributed by atoms with Gasteiger partial charge in [0, 0.05) is 36.3 Å². The first-order valence-corrected chi connectivity index (χ1v) is 14.8. The Morgan fingerprint density at radius 2 is 0.718 bits per heavy atom. The number of carbonyl (C=O) groups excluding carboxylic acids is 3. The molecule has 0 heterocycles. The van der Waals surface area contributed by atoms with Gasteiger partial charge in [-0.05, 0) is 19.3 Å². The lowest BCUT2D eigenvalue weighted by Gasteiger charge is -2.18. The predicted molar refractivity (Wildman–Crippen MR) is 154 cm³/mol. The smallest absolute Gasteiger partial charge is 0.224 e. The van der Waals surface area contributed by atoms with E-state index in [4.69, 9.17) is 0 Å². The van der Waals surface area contributed by atoms with E-state index in [1.807, 2.05) is 0 Å². The molecule has 0 aliphatic heterocycles. The number of phenols is 3. The van der Waals surface area contributed by atoms with Crippen LogP contribution in [0.5, 0.6) is 17.2 Å². The molecule has 9 nitrogen and oxygen atoms in total. The summed E-state index contributed by atoms with van der Waals surface area (Å²) in [6, 6.07) is 0. The fourth-order valence-corrected chi connectivity index (χ4v) is 4.39. The number of hydrogen-bond acceptors (Lipinski definition) is 6. The summed E-state index contributed by atoms with van der Waals surface area (Å²) >= 11 is 0. The van der Waals surface area contributed by atoms with E-state index in [0.29, 0.717) is 19.6 Å². The Bertz CT molecular complexity index is 768. The van der Waals surface area contributed by atoms with Crippen molar-refractivity contribution in [3.63, 3.8) is 0 Å². The number of amides is 3. The van der Waals surface area contributed by atoms with Crippen LogP contribution >= 0.6 is 0 Å². The predicted octanol–water partition coefficient (Wildman–Crippen LogP) is 4.52. The van der Waals surface area contributed by atoms with E-state index in [1.54, 1.807) is 0 Å². The summed E-state index contributed by atoms with van der Waals surface area (Å²) in [4.78, 5) is 37.8. The summed E-state index contributed by atoms with van der Waals surface area (Å²) in [5.74, 6) is -2.72. The topological polar surface area (TPSA) is 148 Å². The Morgan fingerprint density at radius 3 is 0.949 bits per heavy atom. The van der Waals surface area contributed by atoms with E-state index in [-0.39, 0.29) is 36.0 Å². The largest absolute Gasteiger partial charge is 0.507 e. The monoisotopic (exact) mass is 549 g/mol. The molecule has 6 N–H and O–H groups in total. The Hall–Kier alpha value is -2.97. The van der Waals surface area contributed by atoms with Crippen molar-refractivity contribution in [3.8, 4) is 17.2 Å². The molecular formula is C30H51N3O6. The Kier molecular flexibility index (Phi) is 17.5. The van der Waals surface area contributed by atoms with Crippen molar-refractivity contribution in [2.45, 2.75) is 117 Å². The lowest BCUT2D eigenvalue weighted by Crippen LogP contribution is -2.28. The molecule has 9 heteroatoms. The number of nitrogens with one attached hydrogen (secondary N) is 3. The van der Waals surface area contributed by atoms with Crippen molar-refractivity contribution in [1.29, 1.82) is 0 Å². The molecule has 1 aromatic rings. The van der Waals surface area contributed by atoms with E-state index >= 15 is 0 Å². The average molecular weight is 550 g/mol. The molecule has 1 aromatic carbocycles. The third kappa shape index (κ3) is 13.1. The molecule has 0 bridgehead atoms. The number of unbranched alkanes of at least 4 members (excludes halogenated alkanes) is 9. The van der Waals surface area contributed by atoms with Crippen LogP contribution in [0.25, 0.3) is 0 Å². The summed E-state index contributed by atoms with van der Waals surface area (Å²) in [6.45, 7) is 7.72. The Morgan fingerprint density at radius 1 is 0.462 bits per heavy atom. The molecule has 3 amide bonds. The van der Waals surface area contributed by atoms with Crippen LogP contribution < -0.4 is 16.0 Å². The second-order valence-corrected chi connectivity index (χ2v) is 10.2. The highest BCUT2D eigenvalue weighted by molar-refractivity contribution is 5.86. The molecule has 0 saturated heterocycles. The van der Waals surface area contributed by atoms with Crippen molar-refractivity contribution in [2.75, 3.05) is 19.6 Å². The van der Waals surface area contributed by atoms with Crippen LogP contribution in [0.15, 0.2) is 0 Å². The Labute approximate surface area is 234 Å². The van der Waals surface area contributed by atoms with Crippen molar-refractivity contribution in [2.24, 2.45) is 0 Å². The van der Waals surface area contributed by atoms with Crippen LogP contribution in [0.3, 0.4) is 0 Å². The van der Waals surface area contributed by atoms with Gasteiger partial charge in [0.2, 0.25) is 17.7 Å². The second kappa shape index (κ2) is 20.0. The van der Waals surface area contributed by atoms with E-state index in [2.05, 4.69) is 36.7 Å². The maximum atomic E-state index is 12.6. The van der Waals surface area contributed by atoms with Gasteiger partial charge in [-0.15, -0.1) is 0 Å². The number of phenolic OH excluding ortho intramolecular Hbond substituents is 3. The van der Waals surface area contributed by atoms with Gasteiger partial charge < -0.3 is 31.3 Å². The quantitative estimate of drug-likeness (QED) is 0.124. The first-order chi connectivity index (χ1) is 18.8. The van der Waals surface area contributed by atoms with Crippen LogP contribution in [-0.2, 0) is 33.6 Å². The van der Waals surface area contributed by atoms with Gasteiger partial charge >= 0.3 is 0 Å². The zero-order chi connectivity index (χ0) is 29.0. The summed E-state index contributed by atoms with van der Waals surface area (Å²) in [5.41, 5.74) is -0.305. The highest BCUT2D eigenvalue weighted by Gasteiger charge is 2.27. The molecule has 0 saturated carbocycles. The van der Waals surface area contributed by atoms with Crippen LogP contribution in [0.4, 0.5) is 0 Å². The molecule has 39 heavy (non-hydrogen) atoms. The van der Waals surface area contributed by atoms with Crippen molar-refractivity contribution in [1.82, 2.24) is 16.0 Å². The molecule has 0 aliphatic rings. The maximum absolute atomic E-state index is 12.6. The molecule has 0 aromatic heterocycles. The molecule has 0 spiro atoms. The number of hydrogen-bond donors (Lipinski definition) is 6. The van der Waals surface area contributed by atoms with Gasteiger partial charge in [0.15, 0.2) is 0 Å². The highest BCUT2D eigenvalue weighted by Crippen LogP contribution is 2.43. The number of carbonyl (C=O) groups is 3. The normalized spacial score (nSPS) is 10.8. The molecule has 0 unspecified atom stereocenters. The number of aromatic hydroxyl groups is 3. The van der Waals surface area contributed by atoms with Gasteiger partial charge in [-0.2, -0.15) is 0 Å². The van der Waals surface area contributed by atoms with Gasteiger partial charge in [-0.25, -0.2) is 0 Å². The minimum atomic E-state index is -0.504. The fourth-order valence-electron chi connectivity index (χ4n) is 4.39. The van der Waals surface area contributed by atoms with E-state index in [0.717, 1.165) is 77.0 Å².